The van der Waals surface area contributed by atoms with Crippen molar-refractivity contribution < 1.29 is 15.3 Å². The first-order valence-corrected chi connectivity index (χ1v) is 6.05. The molecule has 1 aromatic carbocycles. The van der Waals surface area contributed by atoms with Crippen LogP contribution in [0.1, 0.15) is 37.7 Å². The molecule has 4 heteroatoms. The van der Waals surface area contributed by atoms with E-state index in [0.717, 1.165) is 25.7 Å². The maximum absolute atomic E-state index is 9.96. The van der Waals surface area contributed by atoms with E-state index in [1.54, 1.807) is 6.07 Å². The van der Waals surface area contributed by atoms with E-state index in [9.17, 15) is 15.3 Å². The van der Waals surface area contributed by atoms with Gasteiger partial charge in [-0.25, -0.2) is 0 Å². The van der Waals surface area contributed by atoms with Crippen molar-refractivity contribution in [2.75, 3.05) is 6.54 Å². The molecule has 1 aliphatic carbocycles. The van der Waals surface area contributed by atoms with Gasteiger partial charge < -0.3 is 21.1 Å². The lowest BCUT2D eigenvalue weighted by Crippen LogP contribution is -2.37. The minimum atomic E-state index is -0.444. The van der Waals surface area contributed by atoms with Gasteiger partial charge in [0.25, 0.3) is 0 Å². The molecule has 0 heterocycles. The number of rotatable bonds is 2. The molecule has 0 atom stereocenters. The summed E-state index contributed by atoms with van der Waals surface area (Å²) in [5.41, 5.74) is 6.28. The highest BCUT2D eigenvalue weighted by atomic mass is 16.3. The van der Waals surface area contributed by atoms with Crippen LogP contribution in [0.5, 0.6) is 17.2 Å². The van der Waals surface area contributed by atoms with Crippen LogP contribution in [0, 0.1) is 0 Å². The van der Waals surface area contributed by atoms with E-state index < -0.39 is 5.75 Å². The Balaban J connectivity index is 2.47. The average molecular weight is 237 g/mol. The summed E-state index contributed by atoms with van der Waals surface area (Å²) >= 11 is 0. The average Bonchev–Trinajstić information content (AvgIpc) is 2.37. The van der Waals surface area contributed by atoms with Crippen molar-refractivity contribution in [1.82, 2.24) is 0 Å². The lowest BCUT2D eigenvalue weighted by Gasteiger charge is -2.37. The minimum Gasteiger partial charge on any atom is -0.504 e. The number of nitrogens with two attached hydrogens (primary N) is 1. The Kier molecular flexibility index (Phi) is 3.15. The number of phenolic OH excluding ortho intramolecular Hbond substituents is 3. The zero-order chi connectivity index (χ0) is 12.5. The topological polar surface area (TPSA) is 86.7 Å². The maximum Gasteiger partial charge on any atom is 0.200 e. The molecular formula is C13H19NO3. The van der Waals surface area contributed by atoms with Gasteiger partial charge in [0.15, 0.2) is 11.5 Å². The predicted octanol–water partition coefficient (Wildman–Crippen LogP) is 1.96. The molecule has 0 aromatic heterocycles. The molecule has 17 heavy (non-hydrogen) atoms. The number of phenols is 3. The van der Waals surface area contributed by atoms with Crippen LogP contribution >= 0.6 is 0 Å². The van der Waals surface area contributed by atoms with Gasteiger partial charge in [0.1, 0.15) is 0 Å². The molecule has 0 aliphatic heterocycles. The second kappa shape index (κ2) is 4.45. The zero-order valence-electron chi connectivity index (χ0n) is 9.82. The molecule has 0 radical (unpaired) electrons. The molecule has 4 nitrogen and oxygen atoms in total. The Morgan fingerprint density at radius 2 is 1.65 bits per heavy atom. The van der Waals surface area contributed by atoms with Crippen molar-refractivity contribution in [3.8, 4) is 17.2 Å². The summed E-state index contributed by atoms with van der Waals surface area (Å²) in [6.45, 7) is 0.449. The molecule has 0 unspecified atom stereocenters. The number of aromatic hydroxyl groups is 3. The molecular weight excluding hydrogens is 218 g/mol. The SMILES string of the molecule is NCC1(c2ccc(O)c(O)c2O)CCCCC1. The summed E-state index contributed by atoms with van der Waals surface area (Å²) in [4.78, 5) is 0. The number of benzene rings is 1. The van der Waals surface area contributed by atoms with E-state index in [4.69, 9.17) is 5.73 Å². The fourth-order valence-electron chi connectivity index (χ4n) is 2.81. The van der Waals surface area contributed by atoms with Gasteiger partial charge in [0, 0.05) is 17.5 Å². The first kappa shape index (κ1) is 12.0. The normalized spacial score (nSPS) is 19.1. The van der Waals surface area contributed by atoms with Crippen molar-refractivity contribution >= 4 is 0 Å². The summed E-state index contributed by atoms with van der Waals surface area (Å²) in [6, 6.07) is 3.08. The summed E-state index contributed by atoms with van der Waals surface area (Å²) in [5, 5.41) is 28.9. The van der Waals surface area contributed by atoms with E-state index in [0.29, 0.717) is 12.1 Å². The Morgan fingerprint density at radius 3 is 2.24 bits per heavy atom. The molecule has 94 valence electrons. The molecule has 0 spiro atoms. The van der Waals surface area contributed by atoms with E-state index in [2.05, 4.69) is 0 Å². The minimum absolute atomic E-state index is 0.225. The Labute approximate surface area is 101 Å². The first-order chi connectivity index (χ1) is 8.10. The van der Waals surface area contributed by atoms with Gasteiger partial charge in [-0.2, -0.15) is 0 Å². The fourth-order valence-corrected chi connectivity index (χ4v) is 2.81. The van der Waals surface area contributed by atoms with Crippen molar-refractivity contribution in [3.63, 3.8) is 0 Å². The van der Waals surface area contributed by atoms with Gasteiger partial charge in [-0.15, -0.1) is 0 Å². The molecule has 5 N–H and O–H groups in total. The second-order valence-electron chi connectivity index (χ2n) is 4.87. The molecule has 1 fully saturated rings. The van der Waals surface area contributed by atoms with Crippen molar-refractivity contribution in [2.45, 2.75) is 37.5 Å². The highest BCUT2D eigenvalue weighted by molar-refractivity contribution is 5.55. The smallest absolute Gasteiger partial charge is 0.200 e. The standard InChI is InChI=1S/C13H19NO3/c14-8-13(6-2-1-3-7-13)9-4-5-10(15)12(17)11(9)16/h4-5,15-17H,1-3,6-8,14H2. The lowest BCUT2D eigenvalue weighted by atomic mass is 9.69. The first-order valence-electron chi connectivity index (χ1n) is 6.05. The van der Waals surface area contributed by atoms with E-state index >= 15 is 0 Å². The quantitative estimate of drug-likeness (QED) is 0.592. The van der Waals surface area contributed by atoms with Crippen LogP contribution in [0.2, 0.25) is 0 Å². The van der Waals surface area contributed by atoms with Crippen molar-refractivity contribution in [2.24, 2.45) is 5.73 Å². The van der Waals surface area contributed by atoms with Crippen LogP contribution in [0.3, 0.4) is 0 Å². The van der Waals surface area contributed by atoms with E-state index in [1.165, 1.54) is 12.5 Å². The van der Waals surface area contributed by atoms with E-state index in [-0.39, 0.29) is 16.9 Å². The number of hydrogen-bond acceptors (Lipinski definition) is 4. The molecule has 1 saturated carbocycles. The van der Waals surface area contributed by atoms with E-state index in [1.807, 2.05) is 0 Å². The Hall–Kier alpha value is -1.42. The maximum atomic E-state index is 9.96. The molecule has 0 amide bonds. The predicted molar refractivity (Wildman–Crippen MR) is 65.3 cm³/mol. The van der Waals surface area contributed by atoms with Crippen molar-refractivity contribution in [1.29, 1.82) is 0 Å². The van der Waals surface area contributed by atoms with Gasteiger partial charge in [-0.05, 0) is 18.9 Å². The largest absolute Gasteiger partial charge is 0.504 e. The van der Waals surface area contributed by atoms with Crippen LogP contribution < -0.4 is 5.73 Å². The summed E-state index contributed by atoms with van der Waals surface area (Å²) in [6.07, 6.45) is 5.19. The third-order valence-electron chi connectivity index (χ3n) is 3.90. The number of hydrogen-bond donors (Lipinski definition) is 4. The van der Waals surface area contributed by atoms with Gasteiger partial charge in [0.05, 0.1) is 0 Å². The Morgan fingerprint density at radius 1 is 1.00 bits per heavy atom. The van der Waals surface area contributed by atoms with Gasteiger partial charge in [-0.3, -0.25) is 0 Å². The monoisotopic (exact) mass is 237 g/mol. The Bertz CT molecular complexity index is 411. The molecule has 0 saturated heterocycles. The lowest BCUT2D eigenvalue weighted by molar-refractivity contribution is 0.284. The third-order valence-corrected chi connectivity index (χ3v) is 3.90. The van der Waals surface area contributed by atoms with Crippen LogP contribution in [0.25, 0.3) is 0 Å². The molecule has 1 aliphatic rings. The fraction of sp³-hybridized carbons (Fsp3) is 0.538. The van der Waals surface area contributed by atoms with Gasteiger partial charge in [-0.1, -0.05) is 25.3 Å². The van der Waals surface area contributed by atoms with Crippen LogP contribution in [-0.2, 0) is 5.41 Å². The molecule has 1 aromatic rings. The molecule has 2 rings (SSSR count). The van der Waals surface area contributed by atoms with Crippen molar-refractivity contribution in [3.05, 3.63) is 17.7 Å². The second-order valence-corrected chi connectivity index (χ2v) is 4.87. The highest BCUT2D eigenvalue weighted by Gasteiger charge is 2.35. The molecule has 0 bridgehead atoms. The van der Waals surface area contributed by atoms with Crippen LogP contribution in [-0.4, -0.2) is 21.9 Å². The third kappa shape index (κ3) is 1.93. The summed E-state index contributed by atoms with van der Waals surface area (Å²) in [7, 11) is 0. The highest BCUT2D eigenvalue weighted by Crippen LogP contribution is 2.47. The summed E-state index contributed by atoms with van der Waals surface area (Å²) in [5.74, 6) is -0.965. The van der Waals surface area contributed by atoms with Gasteiger partial charge in [0.2, 0.25) is 5.75 Å². The van der Waals surface area contributed by atoms with Crippen LogP contribution in [0.4, 0.5) is 0 Å². The summed E-state index contributed by atoms with van der Waals surface area (Å²) < 4.78 is 0. The van der Waals surface area contributed by atoms with Crippen LogP contribution in [0.15, 0.2) is 12.1 Å². The van der Waals surface area contributed by atoms with Gasteiger partial charge >= 0.3 is 0 Å². The zero-order valence-corrected chi connectivity index (χ0v) is 9.82.